The largest absolute Gasteiger partial charge is 0.314 e. The summed E-state index contributed by atoms with van der Waals surface area (Å²) < 4.78 is 0. The molecule has 1 aliphatic rings. The van der Waals surface area contributed by atoms with Gasteiger partial charge in [-0.25, -0.2) is 0 Å². The lowest BCUT2D eigenvalue weighted by atomic mass is 9.73. The van der Waals surface area contributed by atoms with E-state index in [0.717, 1.165) is 17.9 Å². The first-order valence-corrected chi connectivity index (χ1v) is 8.13. The van der Waals surface area contributed by atoms with Crippen molar-refractivity contribution in [1.82, 2.24) is 5.32 Å². The van der Waals surface area contributed by atoms with Crippen LogP contribution in [0, 0.1) is 5.92 Å². The fourth-order valence-corrected chi connectivity index (χ4v) is 3.58. The maximum Gasteiger partial charge on any atom is 0.00957 e. The van der Waals surface area contributed by atoms with Crippen molar-refractivity contribution >= 4 is 0 Å². The monoisotopic (exact) mass is 259 g/mol. The van der Waals surface area contributed by atoms with Gasteiger partial charge in [0.1, 0.15) is 0 Å². The number of hydrogen-bond acceptors (Lipinski definition) is 1. The van der Waals surface area contributed by atoms with E-state index in [9.17, 15) is 0 Å². The highest BCUT2D eigenvalue weighted by Gasteiger charge is 2.29. The Bertz CT molecular complexity index is 346. The Morgan fingerprint density at radius 1 is 1.05 bits per heavy atom. The van der Waals surface area contributed by atoms with Crippen molar-refractivity contribution < 1.29 is 0 Å². The summed E-state index contributed by atoms with van der Waals surface area (Å²) in [5, 5.41) is 3.78. The van der Waals surface area contributed by atoms with Crippen LogP contribution in [-0.4, -0.2) is 12.6 Å². The second-order valence-corrected chi connectivity index (χ2v) is 6.03. The third-order valence-corrected chi connectivity index (χ3v) is 4.57. The first-order chi connectivity index (χ1) is 9.35. The summed E-state index contributed by atoms with van der Waals surface area (Å²) in [7, 11) is 0. The van der Waals surface area contributed by atoms with Crippen LogP contribution >= 0.6 is 0 Å². The maximum atomic E-state index is 3.78. The van der Waals surface area contributed by atoms with Crippen LogP contribution in [0.5, 0.6) is 0 Å². The highest BCUT2D eigenvalue weighted by molar-refractivity contribution is 5.20. The highest BCUT2D eigenvalue weighted by atomic mass is 14.9. The van der Waals surface area contributed by atoms with Crippen LogP contribution < -0.4 is 5.32 Å². The summed E-state index contributed by atoms with van der Waals surface area (Å²) in [5.41, 5.74) is 1.55. The van der Waals surface area contributed by atoms with Gasteiger partial charge in [0.15, 0.2) is 0 Å². The van der Waals surface area contributed by atoms with Crippen molar-refractivity contribution in [2.45, 2.75) is 64.3 Å². The number of hydrogen-bond donors (Lipinski definition) is 1. The van der Waals surface area contributed by atoms with Crippen molar-refractivity contribution in [2.24, 2.45) is 5.92 Å². The summed E-state index contributed by atoms with van der Waals surface area (Å²) in [6.45, 7) is 5.77. The molecule has 3 unspecified atom stereocenters. The number of rotatable bonds is 6. The molecule has 1 aromatic rings. The Hall–Kier alpha value is -0.820. The summed E-state index contributed by atoms with van der Waals surface area (Å²) in [5.74, 6) is 1.66. The van der Waals surface area contributed by atoms with Crippen LogP contribution in [0.4, 0.5) is 0 Å². The lowest BCUT2D eigenvalue weighted by molar-refractivity contribution is 0.227. The molecular weight excluding hydrogens is 230 g/mol. The Morgan fingerprint density at radius 2 is 1.84 bits per heavy atom. The van der Waals surface area contributed by atoms with Gasteiger partial charge in [-0.3, -0.25) is 0 Å². The van der Waals surface area contributed by atoms with E-state index in [2.05, 4.69) is 49.5 Å². The van der Waals surface area contributed by atoms with Crippen LogP contribution in [0.2, 0.25) is 0 Å². The summed E-state index contributed by atoms with van der Waals surface area (Å²) >= 11 is 0. The van der Waals surface area contributed by atoms with Gasteiger partial charge in [-0.1, -0.05) is 50.6 Å². The molecule has 2 rings (SSSR count). The van der Waals surface area contributed by atoms with Crippen molar-refractivity contribution in [3.8, 4) is 0 Å². The molecule has 1 aliphatic carbocycles. The first kappa shape index (κ1) is 14.6. The molecule has 0 amide bonds. The van der Waals surface area contributed by atoms with Crippen LogP contribution in [-0.2, 0) is 0 Å². The van der Waals surface area contributed by atoms with Gasteiger partial charge in [0.2, 0.25) is 0 Å². The minimum absolute atomic E-state index is 0.764. The Balaban J connectivity index is 1.97. The molecule has 106 valence electrons. The molecule has 0 saturated heterocycles. The summed E-state index contributed by atoms with van der Waals surface area (Å²) in [6.07, 6.45) is 8.02. The van der Waals surface area contributed by atoms with Gasteiger partial charge >= 0.3 is 0 Å². The van der Waals surface area contributed by atoms with Gasteiger partial charge < -0.3 is 5.32 Å². The van der Waals surface area contributed by atoms with Crippen molar-refractivity contribution in [2.75, 3.05) is 6.54 Å². The van der Waals surface area contributed by atoms with E-state index in [-0.39, 0.29) is 0 Å². The van der Waals surface area contributed by atoms with Gasteiger partial charge in [-0.15, -0.1) is 0 Å². The van der Waals surface area contributed by atoms with E-state index >= 15 is 0 Å². The predicted octanol–water partition coefficient (Wildman–Crippen LogP) is 4.74. The van der Waals surface area contributed by atoms with E-state index in [1.54, 1.807) is 5.56 Å². The maximum absolute atomic E-state index is 3.78. The first-order valence-electron chi connectivity index (χ1n) is 8.13. The molecule has 0 radical (unpaired) electrons. The molecule has 1 N–H and O–H groups in total. The Labute approximate surface area is 118 Å². The summed E-state index contributed by atoms with van der Waals surface area (Å²) in [4.78, 5) is 0. The van der Waals surface area contributed by atoms with Crippen molar-refractivity contribution in [1.29, 1.82) is 0 Å². The second-order valence-electron chi connectivity index (χ2n) is 6.03. The Morgan fingerprint density at radius 3 is 2.53 bits per heavy atom. The van der Waals surface area contributed by atoms with E-state index in [4.69, 9.17) is 0 Å². The fourth-order valence-electron chi connectivity index (χ4n) is 3.58. The van der Waals surface area contributed by atoms with Crippen LogP contribution in [0.25, 0.3) is 0 Å². The molecule has 19 heavy (non-hydrogen) atoms. The lowest BCUT2D eigenvalue weighted by Crippen LogP contribution is -2.40. The molecule has 1 saturated carbocycles. The molecule has 1 nitrogen and oxygen atoms in total. The van der Waals surface area contributed by atoms with Crippen LogP contribution in [0.15, 0.2) is 30.3 Å². The SMILES string of the molecule is CCCNC1CCC(c2ccccc2)CC1CCC. The average molecular weight is 259 g/mol. The van der Waals surface area contributed by atoms with Crippen LogP contribution in [0.3, 0.4) is 0 Å². The standard InChI is InChI=1S/C18H29N/c1-3-8-17-14-16(15-9-6-5-7-10-15)11-12-18(17)19-13-4-2/h5-7,9-10,16-19H,3-4,8,11-14H2,1-2H3. The second kappa shape index (κ2) is 7.69. The third-order valence-electron chi connectivity index (χ3n) is 4.57. The lowest BCUT2D eigenvalue weighted by Gasteiger charge is -2.37. The van der Waals surface area contributed by atoms with Gasteiger partial charge in [-0.2, -0.15) is 0 Å². The number of benzene rings is 1. The molecule has 0 bridgehead atoms. The molecule has 0 spiro atoms. The quantitative estimate of drug-likeness (QED) is 0.778. The summed E-state index contributed by atoms with van der Waals surface area (Å²) in [6, 6.07) is 11.9. The highest BCUT2D eigenvalue weighted by Crippen LogP contribution is 2.38. The molecule has 1 heteroatoms. The van der Waals surface area contributed by atoms with E-state index in [1.807, 2.05) is 0 Å². The normalized spacial score (nSPS) is 27.4. The molecule has 3 atom stereocenters. The van der Waals surface area contributed by atoms with Gasteiger partial charge in [0.25, 0.3) is 0 Å². The Kier molecular flexibility index (Phi) is 5.91. The smallest absolute Gasteiger partial charge is 0.00957 e. The minimum atomic E-state index is 0.764. The minimum Gasteiger partial charge on any atom is -0.314 e. The third kappa shape index (κ3) is 4.07. The molecule has 0 heterocycles. The number of nitrogens with one attached hydrogen (secondary N) is 1. The van der Waals surface area contributed by atoms with Gasteiger partial charge in [0, 0.05) is 6.04 Å². The molecular formula is C18H29N. The van der Waals surface area contributed by atoms with E-state index < -0.39 is 0 Å². The zero-order chi connectivity index (χ0) is 13.5. The zero-order valence-electron chi connectivity index (χ0n) is 12.6. The van der Waals surface area contributed by atoms with Crippen molar-refractivity contribution in [3.05, 3.63) is 35.9 Å². The van der Waals surface area contributed by atoms with Crippen LogP contribution in [0.1, 0.15) is 63.9 Å². The average Bonchev–Trinajstić information content (AvgIpc) is 2.47. The zero-order valence-corrected chi connectivity index (χ0v) is 12.6. The molecule has 0 aliphatic heterocycles. The molecule has 0 aromatic heterocycles. The van der Waals surface area contributed by atoms with Gasteiger partial charge in [0.05, 0.1) is 0 Å². The predicted molar refractivity (Wildman–Crippen MR) is 83.5 cm³/mol. The fraction of sp³-hybridized carbons (Fsp3) is 0.667. The topological polar surface area (TPSA) is 12.0 Å². The van der Waals surface area contributed by atoms with Crippen molar-refractivity contribution in [3.63, 3.8) is 0 Å². The van der Waals surface area contributed by atoms with Gasteiger partial charge in [-0.05, 0) is 56.0 Å². The molecule has 1 fully saturated rings. The van der Waals surface area contributed by atoms with E-state index in [1.165, 1.54) is 45.1 Å². The molecule has 1 aromatic carbocycles. The van der Waals surface area contributed by atoms with E-state index in [0.29, 0.717) is 0 Å².